The fourth-order valence-corrected chi connectivity index (χ4v) is 2.60. The number of amides is 1. The highest BCUT2D eigenvalue weighted by Gasteiger charge is 2.27. The monoisotopic (exact) mass is 354 g/mol. The molecule has 0 saturated carbocycles. The molecule has 0 aliphatic rings. The highest BCUT2D eigenvalue weighted by Crippen LogP contribution is 2.29. The Bertz CT molecular complexity index is 461. The molecule has 120 valence electrons. The largest absolute Gasteiger partial charge is 0.386 e. The summed E-state index contributed by atoms with van der Waals surface area (Å²) < 4.78 is 0. The maximum absolute atomic E-state index is 11.9. The average Bonchev–Trinajstić information content (AvgIpc) is 2.35. The zero-order valence-electron chi connectivity index (χ0n) is 12.0. The number of nitrogens with one attached hydrogen (secondary N) is 1. The van der Waals surface area contributed by atoms with Crippen molar-refractivity contribution in [1.29, 1.82) is 0 Å². The first-order valence-corrected chi connectivity index (χ1v) is 7.24. The van der Waals surface area contributed by atoms with Crippen LogP contribution in [0.5, 0.6) is 0 Å². The van der Waals surface area contributed by atoms with Crippen molar-refractivity contribution in [3.8, 4) is 0 Å². The molecule has 1 aromatic rings. The number of aliphatic hydroxyl groups is 1. The quantitative estimate of drug-likeness (QED) is 0.734. The molecule has 0 aliphatic heterocycles. The van der Waals surface area contributed by atoms with Crippen LogP contribution in [-0.2, 0) is 4.79 Å². The van der Waals surface area contributed by atoms with E-state index in [0.29, 0.717) is 22.0 Å². The van der Waals surface area contributed by atoms with Crippen LogP contribution >= 0.6 is 35.6 Å². The highest BCUT2D eigenvalue weighted by atomic mass is 35.5. The van der Waals surface area contributed by atoms with Crippen LogP contribution in [0.2, 0.25) is 10.0 Å². The van der Waals surface area contributed by atoms with Crippen LogP contribution in [0.4, 0.5) is 0 Å². The minimum Gasteiger partial charge on any atom is -0.386 e. The van der Waals surface area contributed by atoms with Crippen LogP contribution in [0, 0.1) is 0 Å². The number of benzene rings is 1. The summed E-state index contributed by atoms with van der Waals surface area (Å²) in [6.45, 7) is 3.64. The predicted molar refractivity (Wildman–Crippen MR) is 89.2 cm³/mol. The maximum Gasteiger partial charge on any atom is 0.239 e. The van der Waals surface area contributed by atoms with Gasteiger partial charge in [0.25, 0.3) is 0 Å². The van der Waals surface area contributed by atoms with Crippen LogP contribution in [0.15, 0.2) is 18.2 Å². The van der Waals surface area contributed by atoms with Gasteiger partial charge in [0.1, 0.15) is 0 Å². The number of hydrogen-bond acceptors (Lipinski definition) is 3. The number of hydrogen-bond donors (Lipinski definition) is 3. The molecule has 1 amide bonds. The van der Waals surface area contributed by atoms with E-state index in [2.05, 4.69) is 5.32 Å². The van der Waals surface area contributed by atoms with E-state index in [1.165, 1.54) is 0 Å². The van der Waals surface area contributed by atoms with Gasteiger partial charge in [-0.1, -0.05) is 42.6 Å². The zero-order valence-corrected chi connectivity index (χ0v) is 14.4. The fraction of sp³-hybridized carbons (Fsp3) is 0.500. The first-order valence-electron chi connectivity index (χ1n) is 6.48. The normalized spacial score (nSPS) is 14.8. The van der Waals surface area contributed by atoms with E-state index >= 15 is 0 Å². The Labute approximate surface area is 141 Å². The summed E-state index contributed by atoms with van der Waals surface area (Å²) >= 11 is 12.0. The van der Waals surface area contributed by atoms with Crippen LogP contribution in [-0.4, -0.2) is 23.1 Å². The van der Waals surface area contributed by atoms with Crippen molar-refractivity contribution in [2.45, 2.75) is 38.3 Å². The van der Waals surface area contributed by atoms with Crippen LogP contribution in [0.25, 0.3) is 0 Å². The molecule has 0 radical (unpaired) electrons. The summed E-state index contributed by atoms with van der Waals surface area (Å²) in [7, 11) is 0. The van der Waals surface area contributed by atoms with Crippen molar-refractivity contribution < 1.29 is 9.90 Å². The SMILES string of the molecule is CCCC(C)(N)C(=O)NCC(O)c1c(Cl)cccc1Cl.Cl. The van der Waals surface area contributed by atoms with Crippen molar-refractivity contribution >= 4 is 41.5 Å². The summed E-state index contributed by atoms with van der Waals surface area (Å²) in [4.78, 5) is 11.9. The van der Waals surface area contributed by atoms with Gasteiger partial charge < -0.3 is 16.2 Å². The molecular formula is C14H21Cl3N2O2. The van der Waals surface area contributed by atoms with E-state index < -0.39 is 11.6 Å². The lowest BCUT2D eigenvalue weighted by Crippen LogP contribution is -2.52. The van der Waals surface area contributed by atoms with E-state index in [1.54, 1.807) is 25.1 Å². The molecule has 0 aromatic heterocycles. The molecule has 0 saturated heterocycles. The van der Waals surface area contributed by atoms with Crippen molar-refractivity contribution in [3.05, 3.63) is 33.8 Å². The molecule has 21 heavy (non-hydrogen) atoms. The molecule has 0 spiro atoms. The molecular weight excluding hydrogens is 335 g/mol. The zero-order chi connectivity index (χ0) is 15.3. The first kappa shape index (κ1) is 20.5. The number of carbonyl (C=O) groups excluding carboxylic acids is 1. The van der Waals surface area contributed by atoms with Crippen molar-refractivity contribution in [2.24, 2.45) is 5.73 Å². The first-order chi connectivity index (χ1) is 9.29. The molecule has 7 heteroatoms. The van der Waals surface area contributed by atoms with E-state index in [9.17, 15) is 9.90 Å². The summed E-state index contributed by atoms with van der Waals surface area (Å²) in [5.74, 6) is -0.304. The van der Waals surface area contributed by atoms with Gasteiger partial charge in [-0.15, -0.1) is 12.4 Å². The highest BCUT2D eigenvalue weighted by molar-refractivity contribution is 6.36. The van der Waals surface area contributed by atoms with Crippen molar-refractivity contribution in [1.82, 2.24) is 5.32 Å². The van der Waals surface area contributed by atoms with Gasteiger partial charge in [0, 0.05) is 22.2 Å². The molecule has 0 heterocycles. The summed E-state index contributed by atoms with van der Waals surface area (Å²) in [6.07, 6.45) is 0.402. The lowest BCUT2D eigenvalue weighted by atomic mass is 9.96. The van der Waals surface area contributed by atoms with E-state index in [4.69, 9.17) is 28.9 Å². The predicted octanol–water partition coefficient (Wildman–Crippen LogP) is 3.08. The second-order valence-corrected chi connectivity index (χ2v) is 5.84. The van der Waals surface area contributed by atoms with Gasteiger partial charge in [-0.05, 0) is 25.5 Å². The number of aliphatic hydroxyl groups excluding tert-OH is 1. The Morgan fingerprint density at radius 3 is 2.43 bits per heavy atom. The summed E-state index contributed by atoms with van der Waals surface area (Å²) in [6, 6.07) is 4.97. The lowest BCUT2D eigenvalue weighted by molar-refractivity contribution is -0.126. The minimum atomic E-state index is -0.974. The van der Waals surface area contributed by atoms with E-state index in [0.717, 1.165) is 6.42 Å². The molecule has 1 aromatic carbocycles. The summed E-state index contributed by atoms with van der Waals surface area (Å²) in [5.41, 5.74) is 5.37. The molecule has 1 rings (SSSR count). The lowest BCUT2D eigenvalue weighted by Gasteiger charge is -2.24. The molecule has 0 aliphatic carbocycles. The number of halogens is 3. The Hall–Kier alpha value is -0.520. The molecule has 2 atom stereocenters. The van der Waals surface area contributed by atoms with Gasteiger partial charge >= 0.3 is 0 Å². The average molecular weight is 356 g/mol. The topological polar surface area (TPSA) is 75.4 Å². The molecule has 4 nitrogen and oxygen atoms in total. The Balaban J connectivity index is 0.00000400. The smallest absolute Gasteiger partial charge is 0.239 e. The van der Waals surface area contributed by atoms with Gasteiger partial charge in [0.15, 0.2) is 0 Å². The molecule has 0 fully saturated rings. The maximum atomic E-state index is 11.9. The number of nitrogens with two attached hydrogens (primary N) is 1. The third-order valence-corrected chi connectivity index (χ3v) is 3.74. The molecule has 4 N–H and O–H groups in total. The van der Waals surface area contributed by atoms with Gasteiger partial charge in [0.2, 0.25) is 5.91 Å². The second-order valence-electron chi connectivity index (χ2n) is 5.03. The van der Waals surface area contributed by atoms with E-state index in [1.807, 2.05) is 6.92 Å². The van der Waals surface area contributed by atoms with Gasteiger partial charge in [-0.2, -0.15) is 0 Å². The standard InChI is InChI=1S/C14H20Cl2N2O2.ClH/c1-3-7-14(2,17)13(20)18-8-11(19)12-9(15)5-4-6-10(12)16;/h4-6,11,19H,3,7-8,17H2,1-2H3,(H,18,20);1H. The third-order valence-electron chi connectivity index (χ3n) is 3.08. The Morgan fingerprint density at radius 1 is 1.43 bits per heavy atom. The van der Waals surface area contributed by atoms with Crippen molar-refractivity contribution in [3.63, 3.8) is 0 Å². The van der Waals surface area contributed by atoms with E-state index in [-0.39, 0.29) is 24.9 Å². The molecule has 2 unspecified atom stereocenters. The second kappa shape index (κ2) is 8.81. The third kappa shape index (κ3) is 5.64. The van der Waals surface area contributed by atoms with Gasteiger partial charge in [0.05, 0.1) is 11.6 Å². The van der Waals surface area contributed by atoms with Gasteiger partial charge in [-0.3, -0.25) is 4.79 Å². The fourth-order valence-electron chi connectivity index (χ4n) is 1.96. The van der Waals surface area contributed by atoms with Crippen LogP contribution < -0.4 is 11.1 Å². The van der Waals surface area contributed by atoms with Gasteiger partial charge in [-0.25, -0.2) is 0 Å². The van der Waals surface area contributed by atoms with Crippen LogP contribution in [0.1, 0.15) is 38.4 Å². The number of rotatable bonds is 6. The van der Waals surface area contributed by atoms with Crippen molar-refractivity contribution in [2.75, 3.05) is 6.54 Å². The summed E-state index contributed by atoms with van der Waals surface area (Å²) in [5, 5.41) is 13.5. The Kier molecular flexibility index (Phi) is 8.59. The van der Waals surface area contributed by atoms with Crippen LogP contribution in [0.3, 0.4) is 0 Å². The Morgan fingerprint density at radius 2 is 1.95 bits per heavy atom. The molecule has 0 bridgehead atoms. The number of carbonyl (C=O) groups is 1. The minimum absolute atomic E-state index is 0.